The third kappa shape index (κ3) is 2.08. The highest BCUT2D eigenvalue weighted by molar-refractivity contribution is 5.74. The largest absolute Gasteiger partial charge is 0.393 e. The topological polar surface area (TPSA) is 81.2 Å². The van der Waals surface area contributed by atoms with Crippen LogP contribution in [0.4, 0.5) is 17.1 Å². The van der Waals surface area contributed by atoms with Gasteiger partial charge >= 0.3 is 5.69 Å². The number of para-hydroxylation sites is 1. The number of nitro benzene ring substituents is 1. The summed E-state index contributed by atoms with van der Waals surface area (Å²) in [6.07, 6.45) is 3.69. The van der Waals surface area contributed by atoms with Gasteiger partial charge in [-0.05, 0) is 30.9 Å². The minimum absolute atomic E-state index is 0.0122. The van der Waals surface area contributed by atoms with Gasteiger partial charge < -0.3 is 11.1 Å². The molecule has 0 spiro atoms. The molecule has 0 aromatic heterocycles. The van der Waals surface area contributed by atoms with Crippen LogP contribution >= 0.6 is 0 Å². The Morgan fingerprint density at radius 1 is 1.50 bits per heavy atom. The first-order chi connectivity index (χ1) is 7.68. The first kappa shape index (κ1) is 10.7. The Labute approximate surface area is 93.8 Å². The molecule has 1 aromatic rings. The normalized spacial score (nSPS) is 15.5. The molecule has 0 saturated heterocycles. The molecule has 0 amide bonds. The van der Waals surface area contributed by atoms with Gasteiger partial charge in [-0.2, -0.15) is 0 Å². The van der Waals surface area contributed by atoms with Gasteiger partial charge in [0.2, 0.25) is 0 Å². The van der Waals surface area contributed by atoms with Crippen LogP contribution in [0.5, 0.6) is 0 Å². The van der Waals surface area contributed by atoms with Crippen LogP contribution in [0.1, 0.15) is 19.3 Å². The molecule has 1 aliphatic carbocycles. The van der Waals surface area contributed by atoms with Gasteiger partial charge in [0.1, 0.15) is 11.4 Å². The molecule has 0 radical (unpaired) electrons. The summed E-state index contributed by atoms with van der Waals surface area (Å²) >= 11 is 0. The summed E-state index contributed by atoms with van der Waals surface area (Å²) in [5, 5.41) is 14.0. The van der Waals surface area contributed by atoms with Gasteiger partial charge in [-0.1, -0.05) is 12.5 Å². The van der Waals surface area contributed by atoms with Crippen molar-refractivity contribution >= 4 is 17.1 Å². The number of nitrogens with zero attached hydrogens (tertiary/aromatic N) is 1. The summed E-state index contributed by atoms with van der Waals surface area (Å²) in [4.78, 5) is 10.4. The number of nitro groups is 1. The number of nitrogen functional groups attached to an aromatic ring is 1. The maximum Gasteiger partial charge on any atom is 0.314 e. The van der Waals surface area contributed by atoms with Crippen LogP contribution in [-0.2, 0) is 0 Å². The van der Waals surface area contributed by atoms with E-state index in [1.54, 1.807) is 18.2 Å². The summed E-state index contributed by atoms with van der Waals surface area (Å²) in [6, 6.07) is 4.98. The van der Waals surface area contributed by atoms with Crippen molar-refractivity contribution in [2.45, 2.75) is 19.3 Å². The molecular weight excluding hydrogens is 206 g/mol. The van der Waals surface area contributed by atoms with Crippen LogP contribution in [0.15, 0.2) is 18.2 Å². The lowest BCUT2D eigenvalue weighted by atomic mass is 9.85. The van der Waals surface area contributed by atoms with Crippen LogP contribution < -0.4 is 11.1 Å². The molecule has 0 atom stereocenters. The van der Waals surface area contributed by atoms with Gasteiger partial charge in [-0.3, -0.25) is 10.1 Å². The van der Waals surface area contributed by atoms with E-state index in [1.165, 1.54) is 19.3 Å². The summed E-state index contributed by atoms with van der Waals surface area (Å²) < 4.78 is 0. The van der Waals surface area contributed by atoms with Gasteiger partial charge in [-0.15, -0.1) is 0 Å². The molecule has 16 heavy (non-hydrogen) atoms. The van der Waals surface area contributed by atoms with Crippen LogP contribution in [0, 0.1) is 16.0 Å². The highest BCUT2D eigenvalue weighted by Crippen LogP contribution is 2.32. The fourth-order valence-electron chi connectivity index (χ4n) is 1.86. The van der Waals surface area contributed by atoms with Gasteiger partial charge in [0.05, 0.1) is 4.92 Å². The highest BCUT2D eigenvalue weighted by atomic mass is 16.6. The van der Waals surface area contributed by atoms with Crippen molar-refractivity contribution in [1.82, 2.24) is 0 Å². The molecule has 0 bridgehead atoms. The molecule has 2 rings (SSSR count). The van der Waals surface area contributed by atoms with Crippen molar-refractivity contribution in [2.24, 2.45) is 5.92 Å². The van der Waals surface area contributed by atoms with Crippen molar-refractivity contribution in [3.63, 3.8) is 0 Å². The van der Waals surface area contributed by atoms with Crippen LogP contribution in [0.2, 0.25) is 0 Å². The van der Waals surface area contributed by atoms with Gasteiger partial charge in [0.15, 0.2) is 0 Å². The Morgan fingerprint density at radius 2 is 2.25 bits per heavy atom. The average molecular weight is 221 g/mol. The second-order valence-electron chi connectivity index (χ2n) is 4.18. The molecule has 5 heteroatoms. The Kier molecular flexibility index (Phi) is 2.94. The van der Waals surface area contributed by atoms with Crippen molar-refractivity contribution in [2.75, 3.05) is 17.6 Å². The Bertz CT molecular complexity index is 402. The van der Waals surface area contributed by atoms with E-state index in [0.717, 1.165) is 6.54 Å². The summed E-state index contributed by atoms with van der Waals surface area (Å²) in [5.41, 5.74) is 6.32. The third-order valence-corrected chi connectivity index (χ3v) is 3.06. The minimum Gasteiger partial charge on any atom is -0.393 e. The van der Waals surface area contributed by atoms with E-state index in [1.807, 2.05) is 0 Å². The molecule has 3 N–H and O–H groups in total. The van der Waals surface area contributed by atoms with E-state index in [9.17, 15) is 10.1 Å². The fourth-order valence-corrected chi connectivity index (χ4v) is 1.86. The predicted molar refractivity (Wildman–Crippen MR) is 63.3 cm³/mol. The number of anilines is 2. The molecule has 1 aromatic carbocycles. The van der Waals surface area contributed by atoms with Gasteiger partial charge in [-0.25, -0.2) is 0 Å². The molecule has 0 unspecified atom stereocenters. The number of hydrogen-bond acceptors (Lipinski definition) is 4. The van der Waals surface area contributed by atoms with Crippen LogP contribution in [0.3, 0.4) is 0 Å². The standard InChI is InChI=1S/C11H15N3O2/c12-9-5-2-6-10(11(9)14(15)16)13-7-8-3-1-4-8/h2,5-6,8,13H,1,3-4,7,12H2. The zero-order valence-corrected chi connectivity index (χ0v) is 8.98. The Morgan fingerprint density at radius 3 is 2.81 bits per heavy atom. The van der Waals surface area contributed by atoms with Crippen LogP contribution in [0.25, 0.3) is 0 Å². The first-order valence-corrected chi connectivity index (χ1v) is 5.45. The molecule has 1 aliphatic rings. The summed E-state index contributed by atoms with van der Waals surface area (Å²) in [5.74, 6) is 0.654. The molecular formula is C11H15N3O2. The van der Waals surface area contributed by atoms with E-state index >= 15 is 0 Å². The Balaban J connectivity index is 2.12. The second-order valence-corrected chi connectivity index (χ2v) is 4.18. The quantitative estimate of drug-likeness (QED) is 0.464. The SMILES string of the molecule is Nc1cccc(NCC2CCC2)c1[N+](=O)[O-]. The van der Waals surface area contributed by atoms with Crippen molar-refractivity contribution < 1.29 is 4.92 Å². The smallest absolute Gasteiger partial charge is 0.314 e. The first-order valence-electron chi connectivity index (χ1n) is 5.45. The molecule has 86 valence electrons. The molecule has 0 aliphatic heterocycles. The van der Waals surface area contributed by atoms with E-state index in [0.29, 0.717) is 11.6 Å². The zero-order chi connectivity index (χ0) is 11.5. The lowest BCUT2D eigenvalue weighted by Crippen LogP contribution is -2.21. The fraction of sp³-hybridized carbons (Fsp3) is 0.455. The Hall–Kier alpha value is -1.78. The van der Waals surface area contributed by atoms with Crippen molar-refractivity contribution in [1.29, 1.82) is 0 Å². The summed E-state index contributed by atoms with van der Waals surface area (Å²) in [7, 11) is 0. The van der Waals surface area contributed by atoms with E-state index in [4.69, 9.17) is 5.73 Å². The third-order valence-electron chi connectivity index (χ3n) is 3.06. The highest BCUT2D eigenvalue weighted by Gasteiger charge is 2.21. The number of hydrogen-bond donors (Lipinski definition) is 2. The monoisotopic (exact) mass is 221 g/mol. The number of benzene rings is 1. The number of rotatable bonds is 4. The zero-order valence-electron chi connectivity index (χ0n) is 8.98. The molecule has 0 heterocycles. The maximum absolute atomic E-state index is 10.9. The van der Waals surface area contributed by atoms with Crippen molar-refractivity contribution in [3.05, 3.63) is 28.3 Å². The van der Waals surface area contributed by atoms with E-state index in [2.05, 4.69) is 5.32 Å². The average Bonchev–Trinajstić information content (AvgIpc) is 2.14. The number of nitrogens with two attached hydrogens (primary N) is 1. The minimum atomic E-state index is -0.432. The van der Waals surface area contributed by atoms with Gasteiger partial charge in [0, 0.05) is 6.54 Å². The van der Waals surface area contributed by atoms with Crippen LogP contribution in [-0.4, -0.2) is 11.5 Å². The van der Waals surface area contributed by atoms with E-state index < -0.39 is 4.92 Å². The number of nitrogens with one attached hydrogen (secondary N) is 1. The molecule has 1 fully saturated rings. The molecule has 1 saturated carbocycles. The van der Waals surface area contributed by atoms with Crippen molar-refractivity contribution in [3.8, 4) is 0 Å². The second kappa shape index (κ2) is 4.38. The lowest BCUT2D eigenvalue weighted by molar-refractivity contribution is -0.383. The molecule has 5 nitrogen and oxygen atoms in total. The maximum atomic E-state index is 10.9. The van der Waals surface area contributed by atoms with Gasteiger partial charge in [0.25, 0.3) is 0 Å². The van der Waals surface area contributed by atoms with E-state index in [-0.39, 0.29) is 11.4 Å². The predicted octanol–water partition coefficient (Wildman–Crippen LogP) is 2.39. The summed E-state index contributed by atoms with van der Waals surface area (Å²) in [6.45, 7) is 0.796. The lowest BCUT2D eigenvalue weighted by Gasteiger charge is -2.25.